The number of halogens is 2. The number of hydrogen-bond donors (Lipinski definition) is 2. The van der Waals surface area contributed by atoms with Gasteiger partial charge in [0.1, 0.15) is 5.75 Å². The number of benzene rings is 2. The maximum Gasteiger partial charge on any atom is 0.264 e. The van der Waals surface area contributed by atoms with Crippen LogP contribution in [0.25, 0.3) is 0 Å². The van der Waals surface area contributed by atoms with Crippen LogP contribution in [0, 0.1) is 0 Å². The lowest BCUT2D eigenvalue weighted by atomic mass is 10.1. The molecular weight excluding hydrogens is 425 g/mol. The fourth-order valence-corrected chi connectivity index (χ4v) is 3.19. The second kappa shape index (κ2) is 8.14. The van der Waals surface area contributed by atoms with Crippen molar-refractivity contribution in [1.82, 2.24) is 10.2 Å². The molecule has 1 heterocycles. The van der Waals surface area contributed by atoms with E-state index in [1.54, 1.807) is 18.2 Å². The van der Waals surface area contributed by atoms with Gasteiger partial charge in [-0.25, -0.2) is 0 Å². The maximum atomic E-state index is 12.0. The average molecular weight is 438 g/mol. The van der Waals surface area contributed by atoms with Crippen molar-refractivity contribution in [3.05, 3.63) is 57.6 Å². The lowest BCUT2D eigenvalue weighted by Gasteiger charge is -2.11. The number of imide groups is 1. The largest absolute Gasteiger partial charge is 0.482 e. The van der Waals surface area contributed by atoms with Crippen LogP contribution in [0.2, 0.25) is 10.0 Å². The first kappa shape index (κ1) is 20.1. The summed E-state index contributed by atoms with van der Waals surface area (Å²) in [5.74, 6) is -0.950. The molecule has 0 spiro atoms. The van der Waals surface area contributed by atoms with Crippen molar-refractivity contribution in [3.63, 3.8) is 0 Å². The minimum absolute atomic E-state index is 0.0147. The first-order valence-electron chi connectivity index (χ1n) is 7.91. The van der Waals surface area contributed by atoms with Crippen molar-refractivity contribution in [3.8, 4) is 5.75 Å². The molecule has 0 atom stereocenters. The van der Waals surface area contributed by atoms with Crippen molar-refractivity contribution in [2.75, 3.05) is 19.0 Å². The number of carbonyl (C=O) groups is 3. The molecular formula is C18H13Cl2N3O4S. The number of amides is 3. The van der Waals surface area contributed by atoms with Crippen molar-refractivity contribution in [2.24, 2.45) is 0 Å². The zero-order valence-corrected chi connectivity index (χ0v) is 16.7. The number of hydrogen-bond acceptors (Lipinski definition) is 5. The summed E-state index contributed by atoms with van der Waals surface area (Å²) in [7, 11) is 1.41. The summed E-state index contributed by atoms with van der Waals surface area (Å²) in [6.45, 7) is -0.314. The van der Waals surface area contributed by atoms with Gasteiger partial charge in [0, 0.05) is 17.8 Å². The number of fused-ring (bicyclic) bond motifs is 1. The van der Waals surface area contributed by atoms with Gasteiger partial charge >= 0.3 is 0 Å². The molecule has 2 aromatic carbocycles. The predicted octanol–water partition coefficient (Wildman–Crippen LogP) is 3.11. The Kier molecular flexibility index (Phi) is 5.83. The van der Waals surface area contributed by atoms with Crippen LogP contribution in [-0.2, 0) is 4.79 Å². The Morgan fingerprint density at radius 1 is 1.11 bits per heavy atom. The van der Waals surface area contributed by atoms with Crippen LogP contribution < -0.4 is 15.4 Å². The molecule has 0 saturated heterocycles. The molecule has 2 N–H and O–H groups in total. The smallest absolute Gasteiger partial charge is 0.264 e. The third-order valence-electron chi connectivity index (χ3n) is 3.85. The van der Waals surface area contributed by atoms with Crippen LogP contribution in [0.5, 0.6) is 5.75 Å². The molecule has 2 aromatic rings. The van der Waals surface area contributed by atoms with Gasteiger partial charge in [0.2, 0.25) is 0 Å². The van der Waals surface area contributed by atoms with E-state index in [1.165, 1.54) is 25.2 Å². The minimum atomic E-state index is -0.504. The van der Waals surface area contributed by atoms with Crippen molar-refractivity contribution in [2.45, 2.75) is 0 Å². The quantitative estimate of drug-likeness (QED) is 0.564. The second-order valence-electron chi connectivity index (χ2n) is 5.80. The highest BCUT2D eigenvalue weighted by atomic mass is 35.5. The van der Waals surface area contributed by atoms with Gasteiger partial charge in [0.15, 0.2) is 11.7 Å². The Balaban J connectivity index is 1.56. The first-order valence-corrected chi connectivity index (χ1v) is 9.08. The van der Waals surface area contributed by atoms with Crippen LogP contribution in [0.15, 0.2) is 36.4 Å². The Hall–Kier alpha value is -2.68. The van der Waals surface area contributed by atoms with Gasteiger partial charge in [-0.3, -0.25) is 24.6 Å². The van der Waals surface area contributed by atoms with E-state index in [1.807, 2.05) is 0 Å². The zero-order chi connectivity index (χ0) is 20.4. The van der Waals surface area contributed by atoms with Gasteiger partial charge in [0.25, 0.3) is 17.7 Å². The molecule has 0 aliphatic carbocycles. The van der Waals surface area contributed by atoms with E-state index in [-0.39, 0.29) is 28.2 Å². The summed E-state index contributed by atoms with van der Waals surface area (Å²) in [6.07, 6.45) is 0. The molecule has 0 unspecified atom stereocenters. The molecule has 7 nitrogen and oxygen atoms in total. The molecule has 0 radical (unpaired) electrons. The first-order chi connectivity index (χ1) is 13.3. The highest BCUT2D eigenvalue weighted by molar-refractivity contribution is 7.80. The van der Waals surface area contributed by atoms with Gasteiger partial charge in [-0.15, -0.1) is 0 Å². The molecule has 0 aromatic heterocycles. The summed E-state index contributed by atoms with van der Waals surface area (Å²) in [6, 6.07) is 9.25. The summed E-state index contributed by atoms with van der Waals surface area (Å²) in [5, 5.41) is 5.99. The van der Waals surface area contributed by atoms with Gasteiger partial charge < -0.3 is 10.1 Å². The van der Waals surface area contributed by atoms with E-state index in [0.29, 0.717) is 22.0 Å². The van der Waals surface area contributed by atoms with E-state index in [4.69, 9.17) is 40.2 Å². The SMILES string of the molecule is CN1C(=O)c2ccc(NC(=S)NC(=O)COc3ccc(Cl)cc3Cl)cc2C1=O. The van der Waals surface area contributed by atoms with Crippen LogP contribution in [0.3, 0.4) is 0 Å². The Bertz CT molecular complexity index is 1010. The number of rotatable bonds is 4. The standard InChI is InChI=1S/C18H13Cl2N3O4S/c1-23-16(25)11-4-3-10(7-12(11)17(23)26)21-18(28)22-15(24)8-27-14-5-2-9(19)6-13(14)20/h2-7H,8H2,1H3,(H2,21,22,24,28). The Morgan fingerprint density at radius 3 is 2.54 bits per heavy atom. The molecule has 28 heavy (non-hydrogen) atoms. The summed E-state index contributed by atoms with van der Waals surface area (Å²) in [5.41, 5.74) is 1.05. The highest BCUT2D eigenvalue weighted by Crippen LogP contribution is 2.27. The monoisotopic (exact) mass is 437 g/mol. The predicted molar refractivity (Wildman–Crippen MR) is 109 cm³/mol. The summed E-state index contributed by atoms with van der Waals surface area (Å²) < 4.78 is 5.33. The normalized spacial score (nSPS) is 12.6. The summed E-state index contributed by atoms with van der Waals surface area (Å²) >= 11 is 16.9. The van der Waals surface area contributed by atoms with Gasteiger partial charge in [-0.2, -0.15) is 0 Å². The van der Waals surface area contributed by atoms with E-state index in [2.05, 4.69) is 10.6 Å². The number of anilines is 1. The number of thiocarbonyl (C=S) groups is 1. The van der Waals surface area contributed by atoms with Gasteiger partial charge in [0.05, 0.1) is 16.1 Å². The third kappa shape index (κ3) is 4.24. The van der Waals surface area contributed by atoms with Crippen molar-refractivity contribution in [1.29, 1.82) is 0 Å². The van der Waals surface area contributed by atoms with Crippen LogP contribution in [0.1, 0.15) is 20.7 Å². The van der Waals surface area contributed by atoms with E-state index < -0.39 is 11.8 Å². The summed E-state index contributed by atoms with van der Waals surface area (Å²) in [4.78, 5) is 36.9. The van der Waals surface area contributed by atoms with Crippen molar-refractivity contribution < 1.29 is 19.1 Å². The molecule has 3 rings (SSSR count). The van der Waals surface area contributed by atoms with E-state index >= 15 is 0 Å². The van der Waals surface area contributed by atoms with Crippen LogP contribution in [-0.4, -0.2) is 41.4 Å². The highest BCUT2D eigenvalue weighted by Gasteiger charge is 2.32. The number of nitrogens with one attached hydrogen (secondary N) is 2. The molecule has 0 fully saturated rings. The van der Waals surface area contributed by atoms with Gasteiger partial charge in [-0.05, 0) is 48.6 Å². The fourth-order valence-electron chi connectivity index (χ4n) is 2.50. The zero-order valence-electron chi connectivity index (χ0n) is 14.4. The number of nitrogens with zero attached hydrogens (tertiary/aromatic N) is 1. The van der Waals surface area contributed by atoms with Crippen LogP contribution >= 0.6 is 35.4 Å². The molecule has 1 aliphatic rings. The average Bonchev–Trinajstić information content (AvgIpc) is 2.85. The fraction of sp³-hybridized carbons (Fsp3) is 0.111. The second-order valence-corrected chi connectivity index (χ2v) is 7.05. The third-order valence-corrected chi connectivity index (χ3v) is 4.59. The Morgan fingerprint density at radius 2 is 1.82 bits per heavy atom. The topological polar surface area (TPSA) is 87.7 Å². The molecule has 10 heteroatoms. The molecule has 3 amide bonds. The van der Waals surface area contributed by atoms with Crippen molar-refractivity contribution >= 4 is 63.9 Å². The number of carbonyl (C=O) groups excluding carboxylic acids is 3. The molecule has 0 bridgehead atoms. The lowest BCUT2D eigenvalue weighted by molar-refractivity contribution is -0.121. The Labute approximate surface area is 175 Å². The van der Waals surface area contributed by atoms with E-state index in [9.17, 15) is 14.4 Å². The van der Waals surface area contributed by atoms with E-state index in [0.717, 1.165) is 4.90 Å². The maximum absolute atomic E-state index is 12.0. The van der Waals surface area contributed by atoms with Gasteiger partial charge in [-0.1, -0.05) is 23.2 Å². The lowest BCUT2D eigenvalue weighted by Crippen LogP contribution is -2.37. The van der Waals surface area contributed by atoms with Crippen LogP contribution in [0.4, 0.5) is 5.69 Å². The molecule has 1 aliphatic heterocycles. The minimum Gasteiger partial charge on any atom is -0.482 e. The molecule has 0 saturated carbocycles. The number of ether oxygens (including phenoxy) is 1. The molecule has 144 valence electrons.